The van der Waals surface area contributed by atoms with E-state index in [4.69, 9.17) is 22.1 Å². The van der Waals surface area contributed by atoms with E-state index in [-0.39, 0.29) is 40.5 Å². The number of carboxylic acids is 1. The monoisotopic (exact) mass is 629 g/mol. The number of aromatic nitrogens is 4. The van der Waals surface area contributed by atoms with E-state index in [9.17, 15) is 23.1 Å². The molecule has 0 amide bonds. The lowest BCUT2D eigenvalue weighted by atomic mass is 9.76. The molecule has 2 aliphatic heterocycles. The Hall–Kier alpha value is -3.94. The summed E-state index contributed by atoms with van der Waals surface area (Å²) < 4.78 is 49.0. The molecule has 5 N–H and O–H groups in total. The number of fused-ring (bicyclic) bond motifs is 1. The van der Waals surface area contributed by atoms with Gasteiger partial charge in [0.25, 0.3) is 0 Å². The summed E-state index contributed by atoms with van der Waals surface area (Å²) in [5.41, 5.74) is 8.29. The molecule has 0 radical (unpaired) electrons. The second-order valence-electron chi connectivity index (χ2n) is 11.4. The van der Waals surface area contributed by atoms with Crippen molar-refractivity contribution in [1.82, 2.24) is 25.3 Å². The van der Waals surface area contributed by atoms with Gasteiger partial charge in [-0.25, -0.2) is 9.97 Å². The fourth-order valence-corrected chi connectivity index (χ4v) is 6.46. The number of ether oxygens (including phenoxy) is 1. The zero-order chi connectivity index (χ0) is 31.1. The first-order chi connectivity index (χ1) is 21.0. The minimum atomic E-state index is -4.71. The number of rotatable bonds is 8. The highest BCUT2D eigenvalue weighted by Crippen LogP contribution is 2.43. The van der Waals surface area contributed by atoms with Gasteiger partial charge in [-0.15, -0.1) is 0 Å². The lowest BCUT2D eigenvalue weighted by molar-refractivity contribution is -0.223. The molecule has 0 saturated carbocycles. The number of carboxylic acid groups (broad SMARTS) is 1. The van der Waals surface area contributed by atoms with Crippen molar-refractivity contribution in [3.8, 4) is 11.1 Å². The molecular weight excluding hydrogens is 599 g/mol. The van der Waals surface area contributed by atoms with Crippen molar-refractivity contribution in [1.29, 1.82) is 0 Å². The molecule has 2 atom stereocenters. The van der Waals surface area contributed by atoms with Gasteiger partial charge in [0.15, 0.2) is 6.10 Å². The minimum Gasteiger partial charge on any atom is -0.480 e. The third-order valence-corrected chi connectivity index (χ3v) is 8.80. The number of H-pyrrole nitrogens is 1. The first-order valence-corrected chi connectivity index (χ1v) is 14.6. The first-order valence-electron chi connectivity index (χ1n) is 14.3. The van der Waals surface area contributed by atoms with E-state index in [1.54, 1.807) is 24.3 Å². The Balaban J connectivity index is 1.17. The molecule has 2 aliphatic rings. The van der Waals surface area contributed by atoms with Crippen molar-refractivity contribution in [3.05, 3.63) is 65.1 Å². The molecule has 0 unspecified atom stereocenters. The zero-order valence-electron chi connectivity index (χ0n) is 23.6. The lowest BCUT2D eigenvalue weighted by Gasteiger charge is -2.39. The maximum atomic E-state index is 14.5. The van der Waals surface area contributed by atoms with E-state index in [0.29, 0.717) is 54.2 Å². The molecule has 1 spiro atoms. The molecule has 2 fully saturated rings. The van der Waals surface area contributed by atoms with Crippen molar-refractivity contribution in [2.24, 2.45) is 5.41 Å². The van der Waals surface area contributed by atoms with Gasteiger partial charge in [-0.05, 0) is 54.0 Å². The van der Waals surface area contributed by atoms with Crippen LogP contribution in [0.4, 0.5) is 24.9 Å². The quantitative estimate of drug-likeness (QED) is 0.208. The summed E-state index contributed by atoms with van der Waals surface area (Å²) in [6, 6.07) is 10.7. The fraction of sp³-hybridized carbons (Fsp3) is 0.400. The van der Waals surface area contributed by atoms with E-state index < -0.39 is 24.3 Å². The Morgan fingerprint density at radius 1 is 1.18 bits per heavy atom. The summed E-state index contributed by atoms with van der Waals surface area (Å²) in [5.74, 6) is -0.233. The van der Waals surface area contributed by atoms with Crippen molar-refractivity contribution in [3.63, 3.8) is 0 Å². The standard InChI is InChI=1S/C30H31ClF3N7O3/c31-17-4-5-20(21(12-17)19-2-1-3-22-25(19)38-16-37-22)26(30(32,33)34)44-11-6-18-13-24(40-28(35)39-18)41-9-7-29(8-10-41)14-23(27(42)43)36-15-29/h1-5,12-13,16,23,26,36H,6-11,14-15H2,(H,37,38)(H,42,43)(H2,35,39,40)/t23-,26+/m0/s1. The molecule has 4 heterocycles. The molecule has 2 aromatic carbocycles. The number of halogens is 4. The van der Waals surface area contributed by atoms with Crippen LogP contribution in [0, 0.1) is 5.41 Å². The molecule has 10 nitrogen and oxygen atoms in total. The summed E-state index contributed by atoms with van der Waals surface area (Å²) in [7, 11) is 0. The Labute approximate surface area is 255 Å². The fourth-order valence-electron chi connectivity index (χ4n) is 6.29. The predicted octanol–water partition coefficient (Wildman–Crippen LogP) is 5.15. The van der Waals surface area contributed by atoms with Gasteiger partial charge in [0.2, 0.25) is 5.95 Å². The smallest absolute Gasteiger partial charge is 0.418 e. The number of hydrogen-bond acceptors (Lipinski definition) is 8. The van der Waals surface area contributed by atoms with E-state index in [0.717, 1.165) is 12.8 Å². The maximum Gasteiger partial charge on any atom is 0.418 e. The molecule has 4 aromatic rings. The van der Waals surface area contributed by atoms with Crippen LogP contribution in [0.3, 0.4) is 0 Å². The summed E-state index contributed by atoms with van der Waals surface area (Å²) in [6.07, 6.45) is -3.22. The first kappa shape index (κ1) is 30.1. The van der Waals surface area contributed by atoms with Gasteiger partial charge < -0.3 is 30.8 Å². The molecule has 0 bridgehead atoms. The third-order valence-electron chi connectivity index (χ3n) is 8.57. The minimum absolute atomic E-state index is 0.0192. The average molecular weight is 630 g/mol. The molecule has 6 rings (SSSR count). The number of carbonyl (C=O) groups is 1. The number of alkyl halides is 3. The molecule has 0 aliphatic carbocycles. The van der Waals surface area contributed by atoms with Crippen LogP contribution in [0.5, 0.6) is 0 Å². The van der Waals surface area contributed by atoms with Crippen molar-refractivity contribution in [2.75, 3.05) is 36.9 Å². The Morgan fingerprint density at radius 3 is 2.70 bits per heavy atom. The molecule has 44 heavy (non-hydrogen) atoms. The van der Waals surface area contributed by atoms with Gasteiger partial charge in [0.1, 0.15) is 11.9 Å². The van der Waals surface area contributed by atoms with E-state index in [1.807, 2.05) is 0 Å². The Bertz CT molecular complexity index is 1670. The Kier molecular flexibility index (Phi) is 8.12. The highest BCUT2D eigenvalue weighted by Gasteiger charge is 2.44. The van der Waals surface area contributed by atoms with Crippen LogP contribution in [-0.2, 0) is 16.0 Å². The van der Waals surface area contributed by atoms with Gasteiger partial charge in [0.05, 0.1) is 29.7 Å². The molecule has 2 aromatic heterocycles. The molecule has 2 saturated heterocycles. The highest BCUT2D eigenvalue weighted by molar-refractivity contribution is 6.31. The van der Waals surface area contributed by atoms with Crippen LogP contribution in [0.1, 0.15) is 36.6 Å². The van der Waals surface area contributed by atoms with Gasteiger partial charge in [-0.1, -0.05) is 29.8 Å². The van der Waals surface area contributed by atoms with Crippen LogP contribution in [0.25, 0.3) is 22.2 Å². The SMILES string of the molecule is Nc1nc(CCO[C@H](c2ccc(Cl)cc2-c2cccc3[nH]cnc23)C(F)(F)F)cc(N2CCC3(CC2)CN[C@H](C(=O)O)C3)n1. The van der Waals surface area contributed by atoms with Gasteiger partial charge in [-0.3, -0.25) is 4.79 Å². The number of nitrogens with two attached hydrogens (primary N) is 1. The number of benzene rings is 2. The topological polar surface area (TPSA) is 142 Å². The molecule has 232 valence electrons. The van der Waals surface area contributed by atoms with Crippen LogP contribution in [0.15, 0.2) is 48.8 Å². The van der Waals surface area contributed by atoms with Crippen molar-refractivity contribution < 1.29 is 27.8 Å². The molecular formula is C30H31ClF3N7O3. The molecule has 14 heteroatoms. The van der Waals surface area contributed by atoms with Gasteiger partial charge in [0, 0.05) is 42.7 Å². The number of imidazole rings is 1. The van der Waals surface area contributed by atoms with Crippen LogP contribution < -0.4 is 16.0 Å². The predicted molar refractivity (Wildman–Crippen MR) is 159 cm³/mol. The van der Waals surface area contributed by atoms with E-state index in [2.05, 4.69) is 30.2 Å². The van der Waals surface area contributed by atoms with Crippen LogP contribution in [0.2, 0.25) is 5.02 Å². The van der Waals surface area contributed by atoms with Crippen molar-refractivity contribution in [2.45, 2.75) is 44.0 Å². The van der Waals surface area contributed by atoms with E-state index >= 15 is 0 Å². The van der Waals surface area contributed by atoms with Crippen molar-refractivity contribution >= 4 is 40.4 Å². The normalized spacial score (nSPS) is 19.1. The summed E-state index contributed by atoms with van der Waals surface area (Å²) in [6.45, 7) is 1.68. The largest absolute Gasteiger partial charge is 0.480 e. The number of anilines is 2. The van der Waals surface area contributed by atoms with Crippen LogP contribution in [-0.4, -0.2) is 69.5 Å². The maximum absolute atomic E-state index is 14.5. The second kappa shape index (κ2) is 11.9. The number of nitrogens with one attached hydrogen (secondary N) is 2. The number of hydrogen-bond donors (Lipinski definition) is 4. The Morgan fingerprint density at radius 2 is 1.98 bits per heavy atom. The number of nitrogen functional groups attached to an aromatic ring is 1. The number of aromatic amines is 1. The summed E-state index contributed by atoms with van der Waals surface area (Å²) >= 11 is 6.24. The lowest BCUT2D eigenvalue weighted by Crippen LogP contribution is -2.41. The number of aliphatic carboxylic acids is 1. The summed E-state index contributed by atoms with van der Waals surface area (Å²) in [5, 5.41) is 12.7. The number of nitrogens with zero attached hydrogens (tertiary/aromatic N) is 4. The summed E-state index contributed by atoms with van der Waals surface area (Å²) in [4.78, 5) is 29.3. The third kappa shape index (κ3) is 6.17. The highest BCUT2D eigenvalue weighted by atomic mass is 35.5. The second-order valence-corrected chi connectivity index (χ2v) is 11.9. The number of piperidine rings is 1. The van der Waals surface area contributed by atoms with Gasteiger partial charge >= 0.3 is 12.1 Å². The van der Waals surface area contributed by atoms with Gasteiger partial charge in [-0.2, -0.15) is 18.2 Å². The zero-order valence-corrected chi connectivity index (χ0v) is 24.3. The average Bonchev–Trinajstić information content (AvgIpc) is 3.63. The number of para-hydroxylation sites is 1. The van der Waals surface area contributed by atoms with E-state index in [1.165, 1.54) is 24.5 Å². The van der Waals surface area contributed by atoms with Crippen LogP contribution >= 0.6 is 11.6 Å².